The molecule has 0 unspecified atom stereocenters. The van der Waals surface area contributed by atoms with Gasteiger partial charge in [-0.25, -0.2) is 0 Å². The fourth-order valence-corrected chi connectivity index (χ4v) is 5.00. The maximum atomic E-state index is 13.0. The molecule has 0 aliphatic heterocycles. The van der Waals surface area contributed by atoms with E-state index in [1.54, 1.807) is 0 Å². The van der Waals surface area contributed by atoms with Crippen LogP contribution in [0.2, 0.25) is 0 Å². The summed E-state index contributed by atoms with van der Waals surface area (Å²) in [5, 5.41) is 3.06. The number of ether oxygens (including phenoxy) is 2. The SMILES string of the molecule is CCCCCCCCCCCCCCCCC1=C(OC)C(=O)C=C(NCCCC(=O)OCCCCCC)C1=O. The third kappa shape index (κ3) is 16.6. The van der Waals surface area contributed by atoms with Crippen LogP contribution in [0.15, 0.2) is 23.1 Å². The van der Waals surface area contributed by atoms with Gasteiger partial charge in [-0.3, -0.25) is 14.4 Å². The Hall–Kier alpha value is -2.11. The second-order valence-corrected chi connectivity index (χ2v) is 10.9. The van der Waals surface area contributed by atoms with Gasteiger partial charge in [-0.05, 0) is 25.7 Å². The molecule has 0 aromatic carbocycles. The molecule has 0 aromatic heterocycles. The van der Waals surface area contributed by atoms with Crippen LogP contribution in [-0.2, 0) is 23.9 Å². The molecule has 1 aliphatic rings. The molecule has 0 saturated heterocycles. The fourth-order valence-electron chi connectivity index (χ4n) is 5.00. The minimum Gasteiger partial charge on any atom is -0.492 e. The molecule has 0 bridgehead atoms. The first-order valence-electron chi connectivity index (χ1n) is 16.0. The molecule has 1 aliphatic carbocycles. The summed E-state index contributed by atoms with van der Waals surface area (Å²) in [7, 11) is 1.45. The van der Waals surface area contributed by atoms with Crippen molar-refractivity contribution >= 4 is 17.5 Å². The Morgan fingerprint density at radius 1 is 0.718 bits per heavy atom. The number of nitrogens with one attached hydrogen (secondary N) is 1. The number of allylic oxidation sites excluding steroid dienone is 2. The van der Waals surface area contributed by atoms with Gasteiger partial charge in [0.25, 0.3) is 0 Å². The summed E-state index contributed by atoms with van der Waals surface area (Å²) in [6, 6.07) is 0. The monoisotopic (exact) mass is 547 g/mol. The number of unbranched alkanes of at least 4 members (excludes halogenated alkanes) is 16. The first-order valence-corrected chi connectivity index (χ1v) is 16.0. The van der Waals surface area contributed by atoms with Gasteiger partial charge in [0.05, 0.1) is 19.4 Å². The fraction of sp³-hybridized carbons (Fsp3) is 0.788. The van der Waals surface area contributed by atoms with Crippen molar-refractivity contribution in [3.05, 3.63) is 23.1 Å². The molecule has 6 nitrogen and oxygen atoms in total. The Kier molecular flexibility index (Phi) is 21.3. The zero-order valence-corrected chi connectivity index (χ0v) is 25.4. The summed E-state index contributed by atoms with van der Waals surface area (Å²) in [6.07, 6.45) is 24.9. The molecule has 0 atom stereocenters. The van der Waals surface area contributed by atoms with E-state index in [1.807, 2.05) is 0 Å². The molecule has 6 heteroatoms. The predicted octanol–water partition coefficient (Wildman–Crippen LogP) is 8.29. The van der Waals surface area contributed by atoms with Gasteiger partial charge in [0.2, 0.25) is 11.6 Å². The number of carbonyl (C=O) groups excluding carboxylic acids is 3. The highest BCUT2D eigenvalue weighted by Crippen LogP contribution is 2.24. The average Bonchev–Trinajstić information content (AvgIpc) is 2.93. The van der Waals surface area contributed by atoms with E-state index in [4.69, 9.17) is 9.47 Å². The smallest absolute Gasteiger partial charge is 0.305 e. The average molecular weight is 548 g/mol. The molecule has 0 radical (unpaired) electrons. The lowest BCUT2D eigenvalue weighted by molar-refractivity contribution is -0.143. The van der Waals surface area contributed by atoms with Crippen molar-refractivity contribution in [3.63, 3.8) is 0 Å². The maximum Gasteiger partial charge on any atom is 0.305 e. The van der Waals surface area contributed by atoms with Crippen LogP contribution in [0.4, 0.5) is 0 Å². The topological polar surface area (TPSA) is 81.7 Å². The molecule has 0 amide bonds. The number of Topliss-reactive ketones (excluding diaryl/α,β-unsaturated/α-hetero) is 1. The molecule has 224 valence electrons. The number of carbonyl (C=O) groups is 3. The molecule has 0 aromatic rings. The van der Waals surface area contributed by atoms with Crippen molar-refractivity contribution in [1.82, 2.24) is 5.32 Å². The third-order valence-electron chi connectivity index (χ3n) is 7.41. The van der Waals surface area contributed by atoms with Crippen LogP contribution >= 0.6 is 0 Å². The summed E-state index contributed by atoms with van der Waals surface area (Å²) in [5.41, 5.74) is 0.770. The first kappa shape index (κ1) is 34.9. The highest BCUT2D eigenvalue weighted by atomic mass is 16.5. The Bertz CT molecular complexity index is 755. The largest absolute Gasteiger partial charge is 0.492 e. The highest BCUT2D eigenvalue weighted by molar-refractivity contribution is 6.21. The van der Waals surface area contributed by atoms with Crippen molar-refractivity contribution in [2.45, 2.75) is 149 Å². The van der Waals surface area contributed by atoms with E-state index in [9.17, 15) is 14.4 Å². The summed E-state index contributed by atoms with van der Waals surface area (Å²) in [6.45, 7) is 5.31. The van der Waals surface area contributed by atoms with Crippen molar-refractivity contribution in [2.24, 2.45) is 0 Å². The number of ketones is 2. The van der Waals surface area contributed by atoms with E-state index in [2.05, 4.69) is 19.2 Å². The van der Waals surface area contributed by atoms with E-state index in [0.717, 1.165) is 44.9 Å². The number of methoxy groups -OCH3 is 1. The minimum atomic E-state index is -0.272. The van der Waals surface area contributed by atoms with Gasteiger partial charge in [0.1, 0.15) is 0 Å². The predicted molar refractivity (Wildman–Crippen MR) is 159 cm³/mol. The molecule has 1 rings (SSSR count). The van der Waals surface area contributed by atoms with Gasteiger partial charge in [0, 0.05) is 24.6 Å². The van der Waals surface area contributed by atoms with E-state index in [-0.39, 0.29) is 23.3 Å². The maximum absolute atomic E-state index is 13.0. The van der Waals surface area contributed by atoms with Gasteiger partial charge in [0.15, 0.2) is 5.76 Å². The highest BCUT2D eigenvalue weighted by Gasteiger charge is 2.29. The second-order valence-electron chi connectivity index (χ2n) is 10.9. The van der Waals surface area contributed by atoms with Gasteiger partial charge < -0.3 is 14.8 Å². The number of hydrogen-bond acceptors (Lipinski definition) is 6. The summed E-state index contributed by atoms with van der Waals surface area (Å²) >= 11 is 0. The molecule has 0 spiro atoms. The molecule has 0 fully saturated rings. The molecule has 0 heterocycles. The van der Waals surface area contributed by atoms with Crippen LogP contribution < -0.4 is 5.32 Å². The van der Waals surface area contributed by atoms with E-state index >= 15 is 0 Å². The summed E-state index contributed by atoms with van der Waals surface area (Å²) in [4.78, 5) is 37.5. The second kappa shape index (κ2) is 23.7. The summed E-state index contributed by atoms with van der Waals surface area (Å²) in [5.74, 6) is -0.480. The van der Waals surface area contributed by atoms with Gasteiger partial charge in [-0.2, -0.15) is 0 Å². The minimum absolute atomic E-state index is 0.167. The molecule has 39 heavy (non-hydrogen) atoms. The lowest BCUT2D eigenvalue weighted by atomic mass is 9.93. The van der Waals surface area contributed by atoms with Crippen molar-refractivity contribution in [1.29, 1.82) is 0 Å². The molecular weight excluding hydrogens is 490 g/mol. The number of hydrogen-bond donors (Lipinski definition) is 1. The van der Waals surface area contributed by atoms with Crippen molar-refractivity contribution in [3.8, 4) is 0 Å². The van der Waals surface area contributed by atoms with Gasteiger partial charge >= 0.3 is 5.97 Å². The van der Waals surface area contributed by atoms with Crippen LogP contribution in [-0.4, -0.2) is 37.8 Å². The molecular formula is C33H57NO5. The quantitative estimate of drug-likeness (QED) is 0.0666. The first-order chi connectivity index (χ1) is 19.0. The Morgan fingerprint density at radius 3 is 1.77 bits per heavy atom. The van der Waals surface area contributed by atoms with E-state index < -0.39 is 0 Å². The van der Waals surface area contributed by atoms with E-state index in [0.29, 0.717) is 43.7 Å². The lowest BCUT2D eigenvalue weighted by Gasteiger charge is -2.19. The van der Waals surface area contributed by atoms with Crippen molar-refractivity contribution in [2.75, 3.05) is 20.3 Å². The van der Waals surface area contributed by atoms with Crippen LogP contribution in [0.1, 0.15) is 149 Å². The summed E-state index contributed by atoms with van der Waals surface area (Å²) < 4.78 is 10.6. The van der Waals surface area contributed by atoms with Crippen LogP contribution in [0.3, 0.4) is 0 Å². The van der Waals surface area contributed by atoms with E-state index in [1.165, 1.54) is 83.8 Å². The zero-order chi connectivity index (χ0) is 28.6. The Morgan fingerprint density at radius 2 is 1.23 bits per heavy atom. The van der Waals surface area contributed by atoms with Gasteiger partial charge in [-0.15, -0.1) is 0 Å². The van der Waals surface area contributed by atoms with Crippen molar-refractivity contribution < 1.29 is 23.9 Å². The number of rotatable bonds is 26. The van der Waals surface area contributed by atoms with Crippen LogP contribution in [0, 0.1) is 0 Å². The molecule has 0 saturated carbocycles. The zero-order valence-electron chi connectivity index (χ0n) is 25.4. The molecule has 1 N–H and O–H groups in total. The Balaban J connectivity index is 2.22. The third-order valence-corrected chi connectivity index (χ3v) is 7.41. The van der Waals surface area contributed by atoms with Crippen LogP contribution in [0.5, 0.6) is 0 Å². The van der Waals surface area contributed by atoms with Gasteiger partial charge in [-0.1, -0.05) is 117 Å². The standard InChI is InChI=1S/C33H57NO5/c1-4-6-8-10-11-12-13-14-15-16-17-18-19-20-23-28-32(37)29(27-30(35)33(28)38-3)34-25-22-24-31(36)39-26-21-9-7-5-2/h27,34H,4-26H2,1-3H3. The lowest BCUT2D eigenvalue weighted by Crippen LogP contribution is -2.29. The normalized spacial score (nSPS) is 13.6. The number of esters is 1. The Labute approximate surface area is 238 Å². The van der Waals surface area contributed by atoms with Crippen LogP contribution in [0.25, 0.3) is 0 Å².